The summed E-state index contributed by atoms with van der Waals surface area (Å²) >= 11 is 7.35. The van der Waals surface area contributed by atoms with E-state index in [4.69, 9.17) is 11.6 Å². The van der Waals surface area contributed by atoms with E-state index >= 15 is 0 Å². The van der Waals surface area contributed by atoms with Crippen LogP contribution >= 0.6 is 22.9 Å². The molecule has 3 aromatic rings. The number of thiophene rings is 1. The standard InChI is InChI=1S/C15H9ClF3N5O2S/c16-8-1-4-27-12(8)10-7(5-20)9-11(13(25)23-6-22-9)24(10)3-2-21-14(26)15(17,18)19/h1,4,6H,2-3H2,(H,21,26)(H,22,23,25). The molecular weight excluding hydrogens is 407 g/mol. The molecule has 3 heterocycles. The molecule has 0 unspecified atom stereocenters. The maximum atomic E-state index is 12.4. The quantitative estimate of drug-likeness (QED) is 0.683. The second kappa shape index (κ2) is 7.05. The molecule has 0 fully saturated rings. The molecule has 0 aliphatic rings. The molecule has 2 N–H and O–H groups in total. The van der Waals surface area contributed by atoms with E-state index in [2.05, 4.69) is 9.97 Å². The second-order valence-electron chi connectivity index (χ2n) is 5.27. The van der Waals surface area contributed by atoms with Crippen LogP contribution in [0.4, 0.5) is 13.2 Å². The Balaban J connectivity index is 2.13. The van der Waals surface area contributed by atoms with Crippen molar-refractivity contribution in [2.45, 2.75) is 12.7 Å². The zero-order valence-electron chi connectivity index (χ0n) is 13.2. The fourth-order valence-corrected chi connectivity index (χ4v) is 3.80. The summed E-state index contributed by atoms with van der Waals surface area (Å²) in [6.45, 7) is -0.615. The molecule has 0 aliphatic carbocycles. The molecule has 7 nitrogen and oxygen atoms in total. The van der Waals surface area contributed by atoms with Crippen LogP contribution in [0.1, 0.15) is 5.56 Å². The van der Waals surface area contributed by atoms with Crippen molar-refractivity contribution >= 4 is 39.9 Å². The first kappa shape index (κ1) is 18.9. The number of aromatic nitrogens is 3. The number of rotatable bonds is 4. The highest BCUT2D eigenvalue weighted by Crippen LogP contribution is 2.38. The minimum Gasteiger partial charge on any atom is -0.346 e. The van der Waals surface area contributed by atoms with Crippen LogP contribution in [0, 0.1) is 11.3 Å². The maximum absolute atomic E-state index is 12.4. The number of nitrogens with zero attached hydrogens (tertiary/aromatic N) is 3. The zero-order chi connectivity index (χ0) is 19.8. The van der Waals surface area contributed by atoms with E-state index < -0.39 is 24.2 Å². The van der Waals surface area contributed by atoms with Crippen LogP contribution in [0.3, 0.4) is 0 Å². The Kier molecular flexibility index (Phi) is 4.95. The van der Waals surface area contributed by atoms with Crippen molar-refractivity contribution in [3.63, 3.8) is 0 Å². The lowest BCUT2D eigenvalue weighted by Gasteiger charge is -2.12. The summed E-state index contributed by atoms with van der Waals surface area (Å²) in [5, 5.41) is 13.3. The Hall–Kier alpha value is -2.84. The summed E-state index contributed by atoms with van der Waals surface area (Å²) in [5.41, 5.74) is -0.129. The summed E-state index contributed by atoms with van der Waals surface area (Å²) in [4.78, 5) is 30.1. The molecular formula is C15H9ClF3N5O2S. The van der Waals surface area contributed by atoms with Crippen molar-refractivity contribution in [1.82, 2.24) is 19.9 Å². The number of nitrogens with one attached hydrogen (secondary N) is 2. The normalized spacial score (nSPS) is 11.5. The van der Waals surface area contributed by atoms with Gasteiger partial charge in [-0.3, -0.25) is 9.59 Å². The van der Waals surface area contributed by atoms with Gasteiger partial charge in [-0.05, 0) is 11.4 Å². The molecule has 0 aliphatic heterocycles. The number of fused-ring (bicyclic) bond motifs is 1. The Morgan fingerprint density at radius 2 is 2.22 bits per heavy atom. The molecule has 0 bridgehead atoms. The molecule has 0 atom stereocenters. The van der Waals surface area contributed by atoms with Gasteiger partial charge in [0.25, 0.3) is 5.56 Å². The molecule has 0 radical (unpaired) electrons. The first-order chi connectivity index (χ1) is 12.8. The Morgan fingerprint density at radius 1 is 1.48 bits per heavy atom. The minimum atomic E-state index is -5.02. The Labute approximate surface area is 158 Å². The summed E-state index contributed by atoms with van der Waals surface area (Å²) in [5.74, 6) is -2.10. The number of halogens is 4. The van der Waals surface area contributed by atoms with E-state index in [9.17, 15) is 28.0 Å². The number of aromatic amines is 1. The zero-order valence-corrected chi connectivity index (χ0v) is 14.8. The third-order valence-electron chi connectivity index (χ3n) is 3.66. The topological polar surface area (TPSA) is 104 Å². The van der Waals surface area contributed by atoms with Crippen molar-refractivity contribution in [1.29, 1.82) is 5.26 Å². The number of carbonyl (C=O) groups excluding carboxylic acids is 1. The largest absolute Gasteiger partial charge is 0.471 e. The molecule has 1 amide bonds. The number of amides is 1. The minimum absolute atomic E-state index is 0.00905. The summed E-state index contributed by atoms with van der Waals surface area (Å²) in [6, 6.07) is 3.56. The van der Waals surface area contributed by atoms with Gasteiger partial charge in [-0.15, -0.1) is 11.3 Å². The molecule has 0 aromatic carbocycles. The third kappa shape index (κ3) is 3.41. The number of alkyl halides is 3. The van der Waals surface area contributed by atoms with Crippen molar-refractivity contribution < 1.29 is 18.0 Å². The predicted molar refractivity (Wildman–Crippen MR) is 92.5 cm³/mol. The summed E-state index contributed by atoms with van der Waals surface area (Å²) in [7, 11) is 0. The highest BCUT2D eigenvalue weighted by molar-refractivity contribution is 7.14. The van der Waals surface area contributed by atoms with Crippen LogP contribution in [0.25, 0.3) is 21.6 Å². The molecule has 140 valence electrons. The van der Waals surface area contributed by atoms with Gasteiger partial charge in [0.1, 0.15) is 22.7 Å². The highest BCUT2D eigenvalue weighted by Gasteiger charge is 2.38. The van der Waals surface area contributed by atoms with Crippen LogP contribution in [0.15, 0.2) is 22.6 Å². The van der Waals surface area contributed by atoms with Gasteiger partial charge in [-0.25, -0.2) is 4.98 Å². The molecule has 3 rings (SSSR count). The van der Waals surface area contributed by atoms with E-state index in [1.165, 1.54) is 15.9 Å². The molecule has 0 saturated carbocycles. The van der Waals surface area contributed by atoms with Crippen LogP contribution in [0.5, 0.6) is 0 Å². The molecule has 3 aromatic heterocycles. The van der Waals surface area contributed by atoms with Crippen LogP contribution in [-0.4, -0.2) is 33.2 Å². The number of hydrogen-bond acceptors (Lipinski definition) is 5. The van der Waals surface area contributed by atoms with Crippen molar-refractivity contribution in [3.8, 4) is 16.6 Å². The van der Waals surface area contributed by atoms with Crippen molar-refractivity contribution in [2.75, 3.05) is 6.54 Å². The fourth-order valence-electron chi connectivity index (χ4n) is 2.59. The van der Waals surface area contributed by atoms with Gasteiger partial charge in [0, 0.05) is 13.1 Å². The van der Waals surface area contributed by atoms with E-state index in [1.807, 2.05) is 6.07 Å². The van der Waals surface area contributed by atoms with Gasteiger partial charge in [0.05, 0.1) is 21.9 Å². The third-order valence-corrected chi connectivity index (χ3v) is 5.01. The van der Waals surface area contributed by atoms with Gasteiger partial charge in [0.15, 0.2) is 0 Å². The first-order valence-corrected chi connectivity index (χ1v) is 8.59. The Bertz CT molecular complexity index is 1130. The average molecular weight is 416 g/mol. The predicted octanol–water partition coefficient (Wildman–Crippen LogP) is 2.66. The van der Waals surface area contributed by atoms with Crippen LogP contribution in [-0.2, 0) is 11.3 Å². The van der Waals surface area contributed by atoms with Gasteiger partial charge >= 0.3 is 12.1 Å². The van der Waals surface area contributed by atoms with E-state index in [1.54, 1.807) is 16.8 Å². The van der Waals surface area contributed by atoms with E-state index in [0.29, 0.717) is 9.90 Å². The number of carbonyl (C=O) groups is 1. The van der Waals surface area contributed by atoms with Crippen LogP contribution in [0.2, 0.25) is 5.02 Å². The smallest absolute Gasteiger partial charge is 0.346 e. The maximum Gasteiger partial charge on any atom is 0.471 e. The van der Waals surface area contributed by atoms with E-state index in [-0.39, 0.29) is 28.8 Å². The molecule has 27 heavy (non-hydrogen) atoms. The molecule has 0 spiro atoms. The van der Waals surface area contributed by atoms with Crippen LogP contribution < -0.4 is 10.9 Å². The van der Waals surface area contributed by atoms with Gasteiger partial charge in [-0.1, -0.05) is 11.6 Å². The van der Waals surface area contributed by atoms with E-state index in [0.717, 1.165) is 6.33 Å². The Morgan fingerprint density at radius 3 is 2.81 bits per heavy atom. The lowest BCUT2D eigenvalue weighted by molar-refractivity contribution is -0.173. The second-order valence-corrected chi connectivity index (χ2v) is 6.59. The lowest BCUT2D eigenvalue weighted by Crippen LogP contribution is -2.38. The SMILES string of the molecule is N#Cc1c(-c2sccc2Cl)n(CCNC(=O)C(F)(F)F)c2c(=O)[nH]cnc12. The van der Waals surface area contributed by atoms with Crippen molar-refractivity contribution in [2.24, 2.45) is 0 Å². The lowest BCUT2D eigenvalue weighted by atomic mass is 10.2. The first-order valence-electron chi connectivity index (χ1n) is 7.34. The van der Waals surface area contributed by atoms with Gasteiger partial charge < -0.3 is 14.9 Å². The van der Waals surface area contributed by atoms with Gasteiger partial charge in [0.2, 0.25) is 0 Å². The summed E-state index contributed by atoms with van der Waals surface area (Å²) < 4.78 is 38.4. The highest BCUT2D eigenvalue weighted by atomic mass is 35.5. The fraction of sp³-hybridized carbons (Fsp3) is 0.200. The summed E-state index contributed by atoms with van der Waals surface area (Å²) in [6.07, 6.45) is -3.89. The molecule has 12 heteroatoms. The monoisotopic (exact) mass is 415 g/mol. The van der Waals surface area contributed by atoms with Gasteiger partial charge in [-0.2, -0.15) is 18.4 Å². The number of nitriles is 1. The number of H-pyrrole nitrogens is 1. The van der Waals surface area contributed by atoms with Crippen molar-refractivity contribution in [3.05, 3.63) is 38.7 Å². The molecule has 0 saturated heterocycles. The average Bonchev–Trinajstić information content (AvgIpc) is 3.15. The number of hydrogen-bond donors (Lipinski definition) is 2.